The summed E-state index contributed by atoms with van der Waals surface area (Å²) in [5.41, 5.74) is 0.117. The van der Waals surface area contributed by atoms with Crippen molar-refractivity contribution < 1.29 is 4.79 Å². The Morgan fingerprint density at radius 1 is 1.57 bits per heavy atom. The predicted octanol–water partition coefficient (Wildman–Crippen LogP) is 3.83. The Morgan fingerprint density at radius 3 is 2.50 bits per heavy atom. The smallest absolute Gasteiger partial charge is 0.171 e. The van der Waals surface area contributed by atoms with Gasteiger partial charge in [0.25, 0.3) is 0 Å². The first kappa shape index (κ1) is 11.9. The van der Waals surface area contributed by atoms with Gasteiger partial charge in [0.15, 0.2) is 5.78 Å². The van der Waals surface area contributed by atoms with Crippen molar-refractivity contribution in [3.63, 3.8) is 0 Å². The molecule has 0 fully saturated rings. The summed E-state index contributed by atoms with van der Waals surface area (Å²) >= 11 is 5.07. The maximum atomic E-state index is 11.1. The second-order valence-corrected chi connectivity index (χ2v) is 6.33. The second-order valence-electron chi connectivity index (χ2n) is 4.35. The molecule has 0 bridgehead atoms. The van der Waals surface area contributed by atoms with Crippen LogP contribution in [0.5, 0.6) is 0 Å². The van der Waals surface area contributed by atoms with Crippen LogP contribution in [0.4, 0.5) is 0 Å². The minimum Gasteiger partial charge on any atom is -0.294 e. The summed E-state index contributed by atoms with van der Waals surface area (Å²) < 4.78 is 0. The van der Waals surface area contributed by atoms with E-state index in [2.05, 4.69) is 41.7 Å². The molecule has 0 aliphatic carbocycles. The Kier molecular flexibility index (Phi) is 3.48. The molecule has 0 N–H and O–H groups in total. The normalized spacial score (nSPS) is 14.1. The molecule has 78 valence electrons. The number of Topliss-reactive ketones (excluding diaryl/α,β-unsaturated/α-hetero) is 1. The van der Waals surface area contributed by atoms with E-state index in [0.717, 1.165) is 9.88 Å². The molecular weight excluding hydrogens is 262 g/mol. The van der Waals surface area contributed by atoms with Crippen LogP contribution in [0.25, 0.3) is 0 Å². The van der Waals surface area contributed by atoms with Crippen LogP contribution in [-0.2, 0) is 0 Å². The summed E-state index contributed by atoms with van der Waals surface area (Å²) in [6, 6.07) is 0. The van der Waals surface area contributed by atoms with Gasteiger partial charge in [0.1, 0.15) is 5.01 Å². The van der Waals surface area contributed by atoms with Crippen LogP contribution >= 0.6 is 27.3 Å². The molecule has 2 nitrogen and oxygen atoms in total. The Morgan fingerprint density at radius 2 is 2.14 bits per heavy atom. The van der Waals surface area contributed by atoms with Crippen molar-refractivity contribution in [2.24, 2.45) is 5.41 Å². The van der Waals surface area contributed by atoms with Gasteiger partial charge in [0, 0.05) is 13.1 Å². The summed E-state index contributed by atoms with van der Waals surface area (Å²) in [5, 5.41) is 0.975. The van der Waals surface area contributed by atoms with E-state index < -0.39 is 0 Å². The Bertz CT molecular complexity index is 340. The van der Waals surface area contributed by atoms with Crippen LogP contribution in [0.15, 0.2) is 6.20 Å². The van der Waals surface area contributed by atoms with Crippen molar-refractivity contribution >= 4 is 33.0 Å². The van der Waals surface area contributed by atoms with Crippen LogP contribution in [0.3, 0.4) is 0 Å². The standard InChI is InChI=1S/C10H14BrNOS/c1-6(13)7-5-12-9(14-7)8(11)10(2,3)4/h5,8H,1-4H3. The van der Waals surface area contributed by atoms with E-state index in [-0.39, 0.29) is 16.0 Å². The fraction of sp³-hybridized carbons (Fsp3) is 0.600. The van der Waals surface area contributed by atoms with Gasteiger partial charge >= 0.3 is 0 Å². The molecule has 1 atom stereocenters. The third kappa shape index (κ3) is 2.64. The van der Waals surface area contributed by atoms with Crippen molar-refractivity contribution in [3.8, 4) is 0 Å². The zero-order chi connectivity index (χ0) is 10.9. The molecule has 1 rings (SSSR count). The van der Waals surface area contributed by atoms with Crippen LogP contribution < -0.4 is 0 Å². The molecule has 1 aromatic heterocycles. The van der Waals surface area contributed by atoms with Gasteiger partial charge in [-0.25, -0.2) is 4.98 Å². The average Bonchev–Trinajstić information content (AvgIpc) is 2.48. The summed E-state index contributed by atoms with van der Waals surface area (Å²) in [7, 11) is 0. The van der Waals surface area contributed by atoms with Gasteiger partial charge in [-0.15, -0.1) is 11.3 Å². The molecule has 0 spiro atoms. The molecule has 0 aliphatic rings. The van der Waals surface area contributed by atoms with Crippen molar-refractivity contribution in [2.45, 2.75) is 32.5 Å². The molecule has 1 unspecified atom stereocenters. The second kappa shape index (κ2) is 4.11. The topological polar surface area (TPSA) is 30.0 Å². The van der Waals surface area contributed by atoms with E-state index in [9.17, 15) is 4.79 Å². The Balaban J connectivity index is 2.92. The third-order valence-electron chi connectivity index (χ3n) is 1.85. The first-order chi connectivity index (χ1) is 6.32. The van der Waals surface area contributed by atoms with Crippen molar-refractivity contribution in [3.05, 3.63) is 16.1 Å². The number of halogens is 1. The summed E-state index contributed by atoms with van der Waals surface area (Å²) in [6.45, 7) is 7.99. The number of hydrogen-bond donors (Lipinski definition) is 0. The van der Waals surface area contributed by atoms with E-state index in [1.165, 1.54) is 11.3 Å². The zero-order valence-electron chi connectivity index (χ0n) is 8.80. The number of alkyl halides is 1. The van der Waals surface area contributed by atoms with Gasteiger partial charge in [0.2, 0.25) is 0 Å². The minimum atomic E-state index is 0.0855. The number of aromatic nitrogens is 1. The fourth-order valence-corrected chi connectivity index (χ4v) is 2.37. The molecule has 1 heterocycles. The highest BCUT2D eigenvalue weighted by Crippen LogP contribution is 2.41. The number of rotatable bonds is 2. The molecule has 0 radical (unpaired) electrons. The van der Waals surface area contributed by atoms with Crippen LogP contribution in [0.1, 0.15) is 47.2 Å². The van der Waals surface area contributed by atoms with Gasteiger partial charge in [-0.3, -0.25) is 4.79 Å². The van der Waals surface area contributed by atoms with Gasteiger partial charge < -0.3 is 0 Å². The Labute approximate surface area is 96.9 Å². The van der Waals surface area contributed by atoms with Crippen LogP contribution in [0, 0.1) is 5.41 Å². The van der Waals surface area contributed by atoms with Gasteiger partial charge in [-0.2, -0.15) is 0 Å². The molecule has 0 amide bonds. The van der Waals surface area contributed by atoms with Gasteiger partial charge in [-0.05, 0) is 5.41 Å². The highest BCUT2D eigenvalue weighted by Gasteiger charge is 2.26. The van der Waals surface area contributed by atoms with E-state index in [1.807, 2.05) is 0 Å². The number of nitrogens with zero attached hydrogens (tertiary/aromatic N) is 1. The highest BCUT2D eigenvalue weighted by atomic mass is 79.9. The van der Waals surface area contributed by atoms with E-state index in [4.69, 9.17) is 0 Å². The third-order valence-corrected chi connectivity index (χ3v) is 5.12. The quantitative estimate of drug-likeness (QED) is 0.607. The lowest BCUT2D eigenvalue weighted by atomic mass is 9.93. The van der Waals surface area contributed by atoms with Crippen molar-refractivity contribution in [2.75, 3.05) is 0 Å². The zero-order valence-corrected chi connectivity index (χ0v) is 11.2. The lowest BCUT2D eigenvalue weighted by molar-refractivity contribution is 0.102. The number of carbonyl (C=O) groups is 1. The molecular formula is C10H14BrNOS. The summed E-state index contributed by atoms with van der Waals surface area (Å²) in [5.74, 6) is 0.0855. The molecule has 14 heavy (non-hydrogen) atoms. The van der Waals surface area contributed by atoms with Crippen molar-refractivity contribution in [1.29, 1.82) is 0 Å². The van der Waals surface area contributed by atoms with E-state index in [0.29, 0.717) is 0 Å². The first-order valence-corrected chi connectivity index (χ1v) is 6.16. The summed E-state index contributed by atoms with van der Waals surface area (Å²) in [6.07, 6.45) is 1.66. The molecule has 0 aromatic carbocycles. The maximum Gasteiger partial charge on any atom is 0.171 e. The maximum absolute atomic E-state index is 11.1. The predicted molar refractivity (Wildman–Crippen MR) is 63.2 cm³/mol. The minimum absolute atomic E-state index is 0.0855. The average molecular weight is 276 g/mol. The molecule has 4 heteroatoms. The van der Waals surface area contributed by atoms with Crippen molar-refractivity contribution in [1.82, 2.24) is 4.98 Å². The van der Waals surface area contributed by atoms with Crippen LogP contribution in [0.2, 0.25) is 0 Å². The Hall–Kier alpha value is -0.220. The monoisotopic (exact) mass is 275 g/mol. The molecule has 0 saturated heterocycles. The summed E-state index contributed by atoms with van der Waals surface area (Å²) in [4.78, 5) is 16.3. The molecule has 0 aliphatic heterocycles. The SMILES string of the molecule is CC(=O)c1cnc(C(Br)C(C)(C)C)s1. The van der Waals surface area contributed by atoms with Crippen LogP contribution in [-0.4, -0.2) is 10.8 Å². The molecule has 1 aromatic rings. The largest absolute Gasteiger partial charge is 0.294 e. The number of thiazole rings is 1. The lowest BCUT2D eigenvalue weighted by Crippen LogP contribution is -2.12. The number of hydrogen-bond acceptors (Lipinski definition) is 3. The van der Waals surface area contributed by atoms with Gasteiger partial charge in [0.05, 0.1) is 9.70 Å². The number of carbonyl (C=O) groups excluding carboxylic acids is 1. The number of ketones is 1. The van der Waals surface area contributed by atoms with E-state index in [1.54, 1.807) is 13.1 Å². The highest BCUT2D eigenvalue weighted by molar-refractivity contribution is 9.09. The van der Waals surface area contributed by atoms with E-state index >= 15 is 0 Å². The molecule has 0 saturated carbocycles. The first-order valence-electron chi connectivity index (χ1n) is 4.43. The lowest BCUT2D eigenvalue weighted by Gasteiger charge is -2.23. The van der Waals surface area contributed by atoms with Gasteiger partial charge in [-0.1, -0.05) is 36.7 Å². The fourth-order valence-electron chi connectivity index (χ4n) is 0.938.